The van der Waals surface area contributed by atoms with Gasteiger partial charge in [0.05, 0.1) is 18.2 Å². The van der Waals surface area contributed by atoms with Crippen LogP contribution in [0.5, 0.6) is 0 Å². The number of halogens is 1. The van der Waals surface area contributed by atoms with E-state index in [0.717, 1.165) is 0 Å². The number of rotatable bonds is 4. The first-order valence-electron chi connectivity index (χ1n) is 7.59. The van der Waals surface area contributed by atoms with E-state index in [4.69, 9.17) is 11.6 Å². The summed E-state index contributed by atoms with van der Waals surface area (Å²) >= 11 is 5.86. The maximum atomic E-state index is 12.5. The lowest BCUT2D eigenvalue weighted by Gasteiger charge is -2.24. The van der Waals surface area contributed by atoms with E-state index >= 15 is 0 Å². The molecular weight excluding hydrogens is 344 g/mol. The smallest absolute Gasteiger partial charge is 0.295 e. The van der Waals surface area contributed by atoms with Gasteiger partial charge in [0, 0.05) is 29.5 Å². The molecule has 1 atom stereocenters. The Labute approximate surface area is 149 Å². The van der Waals surface area contributed by atoms with Crippen LogP contribution in [-0.4, -0.2) is 44.9 Å². The van der Waals surface area contributed by atoms with E-state index in [1.807, 2.05) is 0 Å². The molecule has 3 rings (SSSR count). The van der Waals surface area contributed by atoms with E-state index in [9.17, 15) is 19.8 Å². The number of benzene rings is 1. The number of amides is 1. The Morgan fingerprint density at radius 1 is 1.12 bits per heavy atom. The molecule has 1 aromatic heterocycles. The minimum absolute atomic E-state index is 0.0189. The van der Waals surface area contributed by atoms with Gasteiger partial charge in [0.25, 0.3) is 11.7 Å². The standard InChI is InChI=1S/C18H15ClN2O4/c19-13-3-1-12(2-4-13)16(23)14-15(11-5-7-20-8-6-11)21(9-10-22)18(25)17(14)24/h1-8,15,22-23H,9-10H2/t15-/m0/s1. The van der Waals surface area contributed by atoms with Gasteiger partial charge in [-0.3, -0.25) is 14.6 Å². The Kier molecular flexibility index (Phi) is 4.83. The molecule has 1 amide bonds. The van der Waals surface area contributed by atoms with Crippen molar-refractivity contribution >= 4 is 29.1 Å². The summed E-state index contributed by atoms with van der Waals surface area (Å²) in [6.45, 7) is -0.315. The molecule has 1 fully saturated rings. The molecule has 0 aliphatic carbocycles. The lowest BCUT2D eigenvalue weighted by molar-refractivity contribution is -0.140. The number of hydrogen-bond donors (Lipinski definition) is 2. The predicted octanol–water partition coefficient (Wildman–Crippen LogP) is 2.15. The Balaban J connectivity index is 2.17. The third-order valence-corrected chi connectivity index (χ3v) is 4.27. The van der Waals surface area contributed by atoms with Crippen molar-refractivity contribution in [2.45, 2.75) is 6.04 Å². The van der Waals surface area contributed by atoms with Gasteiger partial charge in [0.15, 0.2) is 0 Å². The number of aliphatic hydroxyl groups is 2. The summed E-state index contributed by atoms with van der Waals surface area (Å²) in [6.07, 6.45) is 3.08. The number of β-amino-alcohol motifs (C(OH)–C–C–N with tert-alkyl or cyclic N) is 1. The van der Waals surface area contributed by atoms with Gasteiger partial charge in [-0.25, -0.2) is 0 Å². The van der Waals surface area contributed by atoms with Crippen LogP contribution in [0.15, 0.2) is 54.4 Å². The number of ketones is 1. The molecule has 2 N–H and O–H groups in total. The van der Waals surface area contributed by atoms with Crippen LogP contribution in [0.4, 0.5) is 0 Å². The number of pyridine rings is 1. The Hall–Kier alpha value is -2.70. The van der Waals surface area contributed by atoms with Crippen LogP contribution < -0.4 is 0 Å². The maximum Gasteiger partial charge on any atom is 0.295 e. The number of hydrogen-bond acceptors (Lipinski definition) is 5. The first-order valence-corrected chi connectivity index (χ1v) is 7.97. The molecule has 1 aliphatic heterocycles. The lowest BCUT2D eigenvalue weighted by Crippen LogP contribution is -2.32. The highest BCUT2D eigenvalue weighted by atomic mass is 35.5. The molecule has 128 valence electrons. The quantitative estimate of drug-likeness (QED) is 0.496. The largest absolute Gasteiger partial charge is 0.507 e. The third kappa shape index (κ3) is 3.14. The Bertz CT molecular complexity index is 834. The molecule has 6 nitrogen and oxygen atoms in total. The topological polar surface area (TPSA) is 90.7 Å². The molecule has 0 radical (unpaired) electrons. The molecule has 0 bridgehead atoms. The number of likely N-dealkylation sites (tertiary alicyclic amines) is 1. The van der Waals surface area contributed by atoms with E-state index in [0.29, 0.717) is 16.1 Å². The summed E-state index contributed by atoms with van der Waals surface area (Å²) < 4.78 is 0. The lowest BCUT2D eigenvalue weighted by atomic mass is 9.96. The van der Waals surface area contributed by atoms with Crippen LogP contribution in [0.3, 0.4) is 0 Å². The summed E-state index contributed by atoms with van der Waals surface area (Å²) in [7, 11) is 0. The van der Waals surface area contributed by atoms with E-state index in [2.05, 4.69) is 4.98 Å². The first-order chi connectivity index (χ1) is 12.0. The monoisotopic (exact) mass is 358 g/mol. The highest BCUT2D eigenvalue weighted by molar-refractivity contribution is 6.46. The fourth-order valence-corrected chi connectivity index (χ4v) is 3.00. The van der Waals surface area contributed by atoms with Crippen molar-refractivity contribution in [3.63, 3.8) is 0 Å². The van der Waals surface area contributed by atoms with Gasteiger partial charge in [0.2, 0.25) is 0 Å². The number of carbonyl (C=O) groups excluding carboxylic acids is 2. The summed E-state index contributed by atoms with van der Waals surface area (Å²) in [6, 6.07) is 8.85. The molecule has 0 saturated carbocycles. The van der Waals surface area contributed by atoms with Gasteiger partial charge in [-0.2, -0.15) is 0 Å². The van der Waals surface area contributed by atoms with Crippen molar-refractivity contribution in [3.05, 3.63) is 70.5 Å². The molecule has 7 heteroatoms. The zero-order valence-electron chi connectivity index (χ0n) is 13.1. The van der Waals surface area contributed by atoms with Crippen LogP contribution in [-0.2, 0) is 9.59 Å². The molecule has 1 saturated heterocycles. The number of aromatic nitrogens is 1. The molecular formula is C18H15ClN2O4. The average molecular weight is 359 g/mol. The van der Waals surface area contributed by atoms with Gasteiger partial charge in [-0.1, -0.05) is 11.6 Å². The molecule has 2 aromatic rings. The minimum atomic E-state index is -0.789. The second-order valence-corrected chi connectivity index (χ2v) is 5.94. The van der Waals surface area contributed by atoms with Crippen LogP contribution in [0.2, 0.25) is 5.02 Å². The molecule has 1 aromatic carbocycles. The van der Waals surface area contributed by atoms with Crippen molar-refractivity contribution in [2.75, 3.05) is 13.2 Å². The van der Waals surface area contributed by atoms with Gasteiger partial charge in [-0.15, -0.1) is 0 Å². The van der Waals surface area contributed by atoms with Gasteiger partial charge < -0.3 is 15.1 Å². The van der Waals surface area contributed by atoms with Gasteiger partial charge in [-0.05, 0) is 42.0 Å². The Morgan fingerprint density at radius 3 is 2.36 bits per heavy atom. The number of nitrogens with zero attached hydrogens (tertiary/aromatic N) is 2. The fraction of sp³-hybridized carbons (Fsp3) is 0.167. The first kappa shape index (κ1) is 17.1. The average Bonchev–Trinajstić information content (AvgIpc) is 2.88. The predicted molar refractivity (Wildman–Crippen MR) is 91.8 cm³/mol. The van der Waals surface area contributed by atoms with E-state index in [1.165, 1.54) is 17.3 Å². The van der Waals surface area contributed by atoms with Crippen molar-refractivity contribution in [1.29, 1.82) is 0 Å². The van der Waals surface area contributed by atoms with Crippen LogP contribution in [0.25, 0.3) is 5.76 Å². The van der Waals surface area contributed by atoms with Crippen LogP contribution >= 0.6 is 11.6 Å². The van der Waals surface area contributed by atoms with E-state index < -0.39 is 17.7 Å². The van der Waals surface area contributed by atoms with Crippen LogP contribution in [0, 0.1) is 0 Å². The summed E-state index contributed by atoms with van der Waals surface area (Å²) in [5.74, 6) is -1.83. The number of aliphatic hydroxyl groups excluding tert-OH is 2. The highest BCUT2D eigenvalue weighted by Crippen LogP contribution is 2.38. The van der Waals surface area contributed by atoms with E-state index in [1.54, 1.807) is 36.4 Å². The zero-order valence-corrected chi connectivity index (χ0v) is 13.8. The molecule has 1 aliphatic rings. The third-order valence-electron chi connectivity index (χ3n) is 4.02. The SMILES string of the molecule is O=C1C(=O)N(CCO)[C@@H](c2ccncc2)C1=C(O)c1ccc(Cl)cc1. The van der Waals surface area contributed by atoms with E-state index in [-0.39, 0.29) is 24.5 Å². The molecule has 0 spiro atoms. The zero-order chi connectivity index (χ0) is 18.0. The molecule has 25 heavy (non-hydrogen) atoms. The summed E-state index contributed by atoms with van der Waals surface area (Å²) in [5.41, 5.74) is 0.982. The maximum absolute atomic E-state index is 12.5. The summed E-state index contributed by atoms with van der Waals surface area (Å²) in [4.78, 5) is 30.1. The van der Waals surface area contributed by atoms with Crippen molar-refractivity contribution in [2.24, 2.45) is 0 Å². The van der Waals surface area contributed by atoms with Crippen molar-refractivity contribution in [3.8, 4) is 0 Å². The van der Waals surface area contributed by atoms with Crippen LogP contribution in [0.1, 0.15) is 17.2 Å². The van der Waals surface area contributed by atoms with Gasteiger partial charge in [0.1, 0.15) is 5.76 Å². The molecule has 2 heterocycles. The molecule has 0 unspecified atom stereocenters. The number of carbonyl (C=O) groups is 2. The number of Topliss-reactive ketones (excluding diaryl/α,β-unsaturated/α-hetero) is 1. The minimum Gasteiger partial charge on any atom is -0.507 e. The van der Waals surface area contributed by atoms with Crippen molar-refractivity contribution < 1.29 is 19.8 Å². The Morgan fingerprint density at radius 2 is 1.76 bits per heavy atom. The second-order valence-electron chi connectivity index (χ2n) is 5.50. The summed E-state index contributed by atoms with van der Waals surface area (Å²) in [5, 5.41) is 20.4. The van der Waals surface area contributed by atoms with Crippen molar-refractivity contribution in [1.82, 2.24) is 9.88 Å². The van der Waals surface area contributed by atoms with Gasteiger partial charge >= 0.3 is 0 Å². The normalized spacial score (nSPS) is 19.4. The second kappa shape index (κ2) is 7.04. The highest BCUT2D eigenvalue weighted by Gasteiger charge is 2.45. The fourth-order valence-electron chi connectivity index (χ4n) is 2.87.